The number of fused-ring (bicyclic) bond motifs is 1. The second-order valence-electron chi connectivity index (χ2n) is 9.25. The van der Waals surface area contributed by atoms with Crippen LogP contribution >= 0.6 is 0 Å². The minimum absolute atomic E-state index is 0.267. The standard InChI is InChI=1S/C25H27N3O2.C2HF3O2/c1-17-5-3-4-6-20(17)23-21-11-15-28(16-12-22(21)26-27-23)24(29)25(13-14-25)18-7-9-19(30-2)10-8-18;3-2(4,5)1(6)7/h3-10H,11-16H2,1-2H3,(H,26,27);(H,6,7). The molecule has 0 bridgehead atoms. The number of carboxylic acids is 1. The SMILES string of the molecule is COc1ccc(C2(C(=O)N3CCc4[nH]nc(-c5ccccc5C)c4CC3)CC2)cc1.O=C(O)C(F)(F)F. The van der Waals surface area contributed by atoms with E-state index in [9.17, 15) is 18.0 Å². The molecule has 0 saturated heterocycles. The summed E-state index contributed by atoms with van der Waals surface area (Å²) in [5.74, 6) is -1.66. The first kappa shape index (κ1) is 26.2. The molecule has 7 nitrogen and oxygen atoms in total. The molecule has 2 aromatic carbocycles. The molecule has 196 valence electrons. The summed E-state index contributed by atoms with van der Waals surface area (Å²) in [7, 11) is 1.67. The van der Waals surface area contributed by atoms with Crippen LogP contribution in [0, 0.1) is 6.92 Å². The number of amides is 1. The molecule has 10 heteroatoms. The Kier molecular flexibility index (Phi) is 7.29. The summed E-state index contributed by atoms with van der Waals surface area (Å²) in [5, 5.41) is 15.0. The molecule has 1 aromatic heterocycles. The van der Waals surface area contributed by atoms with Gasteiger partial charge in [0.1, 0.15) is 5.75 Å². The van der Waals surface area contributed by atoms with Gasteiger partial charge in [-0.15, -0.1) is 0 Å². The number of nitrogens with one attached hydrogen (secondary N) is 1. The number of hydrogen-bond donors (Lipinski definition) is 2. The average molecular weight is 516 g/mol. The molecule has 5 rings (SSSR count). The second-order valence-corrected chi connectivity index (χ2v) is 9.25. The molecule has 3 aromatic rings. The van der Waals surface area contributed by atoms with Crippen molar-refractivity contribution in [3.8, 4) is 17.0 Å². The van der Waals surface area contributed by atoms with E-state index in [1.807, 2.05) is 24.3 Å². The maximum atomic E-state index is 13.5. The Labute approximate surface area is 212 Å². The number of methoxy groups -OCH3 is 1. The van der Waals surface area contributed by atoms with Crippen LogP contribution < -0.4 is 4.74 Å². The fourth-order valence-corrected chi connectivity index (χ4v) is 4.71. The molecule has 2 N–H and O–H groups in total. The van der Waals surface area contributed by atoms with E-state index in [0.717, 1.165) is 61.5 Å². The number of alkyl halides is 3. The third kappa shape index (κ3) is 5.47. The van der Waals surface area contributed by atoms with Gasteiger partial charge in [-0.05, 0) is 49.4 Å². The van der Waals surface area contributed by atoms with Gasteiger partial charge < -0.3 is 14.7 Å². The van der Waals surface area contributed by atoms with Crippen LogP contribution in [0.25, 0.3) is 11.3 Å². The van der Waals surface area contributed by atoms with Crippen molar-refractivity contribution in [3.63, 3.8) is 0 Å². The lowest BCUT2D eigenvalue weighted by molar-refractivity contribution is -0.192. The maximum absolute atomic E-state index is 13.5. The minimum atomic E-state index is -5.08. The molecule has 2 aliphatic rings. The van der Waals surface area contributed by atoms with Gasteiger partial charge in [0.15, 0.2) is 0 Å². The molecular weight excluding hydrogens is 487 g/mol. The van der Waals surface area contributed by atoms with Crippen LogP contribution in [0.4, 0.5) is 13.2 Å². The number of aryl methyl sites for hydroxylation is 1. The van der Waals surface area contributed by atoms with Gasteiger partial charge in [0.05, 0.1) is 18.2 Å². The zero-order valence-electron chi connectivity index (χ0n) is 20.6. The van der Waals surface area contributed by atoms with Crippen molar-refractivity contribution in [2.45, 2.75) is 44.2 Å². The van der Waals surface area contributed by atoms with Crippen molar-refractivity contribution in [2.24, 2.45) is 0 Å². The molecule has 0 atom stereocenters. The topological polar surface area (TPSA) is 95.5 Å². The summed E-state index contributed by atoms with van der Waals surface area (Å²) in [5.41, 5.74) is 6.62. The minimum Gasteiger partial charge on any atom is -0.497 e. The lowest BCUT2D eigenvalue weighted by Crippen LogP contribution is -2.40. The summed E-state index contributed by atoms with van der Waals surface area (Å²) >= 11 is 0. The van der Waals surface area contributed by atoms with Crippen molar-refractivity contribution >= 4 is 11.9 Å². The number of rotatable bonds is 4. The number of halogens is 3. The smallest absolute Gasteiger partial charge is 0.490 e. The van der Waals surface area contributed by atoms with E-state index < -0.39 is 12.1 Å². The fourth-order valence-electron chi connectivity index (χ4n) is 4.71. The fraction of sp³-hybridized carbons (Fsp3) is 0.370. The molecule has 1 aliphatic heterocycles. The third-order valence-corrected chi connectivity index (χ3v) is 6.95. The Bertz CT molecular complexity index is 1280. The maximum Gasteiger partial charge on any atom is 0.490 e. The monoisotopic (exact) mass is 515 g/mol. The zero-order valence-corrected chi connectivity index (χ0v) is 20.6. The van der Waals surface area contributed by atoms with Crippen molar-refractivity contribution in [3.05, 3.63) is 70.9 Å². The predicted molar refractivity (Wildman–Crippen MR) is 130 cm³/mol. The van der Waals surface area contributed by atoms with Gasteiger partial charge in [-0.1, -0.05) is 36.4 Å². The van der Waals surface area contributed by atoms with Crippen LogP contribution in [0.5, 0.6) is 5.75 Å². The van der Waals surface area contributed by atoms with Crippen LogP contribution in [-0.2, 0) is 27.8 Å². The number of carbonyl (C=O) groups is 2. The van der Waals surface area contributed by atoms with Gasteiger partial charge in [-0.25, -0.2) is 4.79 Å². The molecule has 2 heterocycles. The predicted octanol–water partition coefficient (Wildman–Crippen LogP) is 4.69. The highest BCUT2D eigenvalue weighted by Gasteiger charge is 2.53. The van der Waals surface area contributed by atoms with E-state index in [4.69, 9.17) is 14.6 Å². The van der Waals surface area contributed by atoms with Gasteiger partial charge in [-0.2, -0.15) is 18.3 Å². The number of benzene rings is 2. The molecule has 1 saturated carbocycles. The van der Waals surface area contributed by atoms with E-state index in [2.05, 4.69) is 46.3 Å². The number of carboxylic acid groups (broad SMARTS) is 1. The van der Waals surface area contributed by atoms with E-state index in [0.29, 0.717) is 0 Å². The number of aromatic amines is 1. The van der Waals surface area contributed by atoms with E-state index >= 15 is 0 Å². The Morgan fingerprint density at radius 1 is 1.05 bits per heavy atom. The van der Waals surface area contributed by atoms with Crippen molar-refractivity contribution in [1.29, 1.82) is 0 Å². The number of nitrogens with zero attached hydrogens (tertiary/aromatic N) is 2. The molecule has 37 heavy (non-hydrogen) atoms. The number of hydrogen-bond acceptors (Lipinski definition) is 4. The summed E-state index contributed by atoms with van der Waals surface area (Å²) < 4.78 is 37.0. The Morgan fingerprint density at radius 2 is 1.68 bits per heavy atom. The summed E-state index contributed by atoms with van der Waals surface area (Å²) in [6, 6.07) is 16.4. The van der Waals surface area contributed by atoms with Gasteiger partial charge in [-0.3, -0.25) is 9.89 Å². The molecule has 0 radical (unpaired) electrons. The van der Waals surface area contributed by atoms with Gasteiger partial charge in [0, 0.05) is 36.3 Å². The molecule has 1 amide bonds. The van der Waals surface area contributed by atoms with Gasteiger partial charge >= 0.3 is 12.1 Å². The van der Waals surface area contributed by atoms with Crippen LogP contribution in [0.1, 0.15) is 35.2 Å². The molecule has 1 aliphatic carbocycles. The number of aromatic nitrogens is 2. The molecule has 0 spiro atoms. The molecule has 0 unspecified atom stereocenters. The average Bonchev–Trinajstić information content (AvgIpc) is 3.63. The summed E-state index contributed by atoms with van der Waals surface area (Å²) in [6.45, 7) is 3.59. The van der Waals surface area contributed by atoms with Gasteiger partial charge in [0.25, 0.3) is 0 Å². The first-order valence-corrected chi connectivity index (χ1v) is 11.9. The van der Waals surface area contributed by atoms with E-state index in [-0.39, 0.29) is 11.3 Å². The molecular formula is C27H28F3N3O4. The molecule has 1 fully saturated rings. The van der Waals surface area contributed by atoms with Crippen molar-refractivity contribution in [1.82, 2.24) is 15.1 Å². The Morgan fingerprint density at radius 3 is 2.24 bits per heavy atom. The second kappa shape index (κ2) is 10.3. The van der Waals surface area contributed by atoms with Crippen molar-refractivity contribution in [2.75, 3.05) is 20.2 Å². The Balaban J connectivity index is 0.000000405. The van der Waals surface area contributed by atoms with Crippen LogP contribution in [0.15, 0.2) is 48.5 Å². The number of ether oxygens (including phenoxy) is 1. The number of H-pyrrole nitrogens is 1. The zero-order chi connectivity index (χ0) is 26.8. The first-order chi connectivity index (χ1) is 17.6. The normalized spacial score (nSPS) is 16.1. The van der Waals surface area contributed by atoms with Crippen LogP contribution in [-0.4, -0.2) is 58.5 Å². The van der Waals surface area contributed by atoms with Crippen LogP contribution in [0.2, 0.25) is 0 Å². The largest absolute Gasteiger partial charge is 0.497 e. The third-order valence-electron chi connectivity index (χ3n) is 6.95. The Hall–Kier alpha value is -3.82. The van der Waals surface area contributed by atoms with Crippen molar-refractivity contribution < 1.29 is 32.6 Å². The summed E-state index contributed by atoms with van der Waals surface area (Å²) in [6.07, 6.45) is -1.58. The lowest BCUT2D eigenvalue weighted by Gasteiger charge is -2.26. The number of aliphatic carboxylic acids is 1. The van der Waals surface area contributed by atoms with E-state index in [1.165, 1.54) is 16.7 Å². The van der Waals surface area contributed by atoms with E-state index in [1.54, 1.807) is 7.11 Å². The quantitative estimate of drug-likeness (QED) is 0.526. The summed E-state index contributed by atoms with van der Waals surface area (Å²) in [4.78, 5) is 24.5. The highest BCUT2D eigenvalue weighted by Crippen LogP contribution is 2.50. The lowest BCUT2D eigenvalue weighted by atomic mass is 9.94. The first-order valence-electron chi connectivity index (χ1n) is 11.9. The van der Waals surface area contributed by atoms with Crippen LogP contribution in [0.3, 0.4) is 0 Å². The van der Waals surface area contributed by atoms with Gasteiger partial charge in [0.2, 0.25) is 5.91 Å². The number of carbonyl (C=O) groups excluding carboxylic acids is 1. The highest BCUT2D eigenvalue weighted by atomic mass is 19.4. The highest BCUT2D eigenvalue weighted by molar-refractivity contribution is 5.91.